The van der Waals surface area contributed by atoms with Crippen molar-refractivity contribution in [2.45, 2.75) is 18.8 Å². The van der Waals surface area contributed by atoms with E-state index in [1.54, 1.807) is 6.07 Å². The Hall–Kier alpha value is -1.26. The topological polar surface area (TPSA) is 47.6 Å². The Bertz CT molecular complexity index is 484. The number of ether oxygens (including phenoxy) is 2. The van der Waals surface area contributed by atoms with Gasteiger partial charge in [0.15, 0.2) is 17.8 Å². The third-order valence-electron chi connectivity index (χ3n) is 3.53. The average molecular weight is 268 g/mol. The van der Waals surface area contributed by atoms with Gasteiger partial charge in [-0.3, -0.25) is 4.79 Å². The van der Waals surface area contributed by atoms with Crippen LogP contribution >= 0.6 is 11.6 Å². The van der Waals surface area contributed by atoms with Crippen molar-refractivity contribution in [3.05, 3.63) is 22.2 Å². The minimum absolute atomic E-state index is 0.161. The average Bonchev–Trinajstić information content (AvgIpc) is 2.87. The summed E-state index contributed by atoms with van der Waals surface area (Å²) >= 11 is 6.31. The van der Waals surface area contributed by atoms with Crippen LogP contribution in [0, 0.1) is 0 Å². The summed E-state index contributed by atoms with van der Waals surface area (Å²) in [5, 5.41) is 3.93. The lowest BCUT2D eigenvalue weighted by Gasteiger charge is -2.25. The molecule has 0 bridgehead atoms. The summed E-state index contributed by atoms with van der Waals surface area (Å²) in [7, 11) is 0. The van der Waals surface area contributed by atoms with Gasteiger partial charge in [0.25, 0.3) is 0 Å². The van der Waals surface area contributed by atoms with Crippen LogP contribution in [0.2, 0.25) is 5.02 Å². The van der Waals surface area contributed by atoms with Gasteiger partial charge in [0.2, 0.25) is 6.79 Å². The Morgan fingerprint density at radius 2 is 2.00 bits per heavy atom. The second-order valence-corrected chi connectivity index (χ2v) is 4.98. The second kappa shape index (κ2) is 4.78. The van der Waals surface area contributed by atoms with E-state index >= 15 is 0 Å². The van der Waals surface area contributed by atoms with E-state index in [1.807, 2.05) is 0 Å². The van der Waals surface area contributed by atoms with Gasteiger partial charge >= 0.3 is 0 Å². The van der Waals surface area contributed by atoms with Crippen molar-refractivity contribution in [3.63, 3.8) is 0 Å². The van der Waals surface area contributed by atoms with Crippen molar-refractivity contribution < 1.29 is 14.3 Å². The number of hydrogen-bond donors (Lipinski definition) is 1. The first kappa shape index (κ1) is 11.8. The van der Waals surface area contributed by atoms with Crippen molar-refractivity contribution in [1.82, 2.24) is 5.32 Å². The van der Waals surface area contributed by atoms with E-state index in [2.05, 4.69) is 5.32 Å². The Morgan fingerprint density at radius 1 is 1.28 bits per heavy atom. The fourth-order valence-electron chi connectivity index (χ4n) is 2.66. The predicted octanol–water partition coefficient (Wildman–Crippen LogP) is 2.35. The normalized spacial score (nSPS) is 18.9. The quantitative estimate of drug-likeness (QED) is 0.836. The molecule has 1 aromatic carbocycles. The molecule has 0 amide bonds. The predicted molar refractivity (Wildman–Crippen MR) is 67.8 cm³/mol. The second-order valence-electron chi connectivity index (χ2n) is 4.57. The van der Waals surface area contributed by atoms with Crippen LogP contribution in [0.15, 0.2) is 6.07 Å². The van der Waals surface area contributed by atoms with Gasteiger partial charge < -0.3 is 14.8 Å². The van der Waals surface area contributed by atoms with E-state index in [9.17, 15) is 4.79 Å². The third-order valence-corrected chi connectivity index (χ3v) is 3.85. The molecule has 0 atom stereocenters. The number of piperidine rings is 1. The number of fused-ring (bicyclic) bond motifs is 1. The number of carbonyl (C=O) groups is 1. The molecule has 0 spiro atoms. The summed E-state index contributed by atoms with van der Waals surface area (Å²) in [6, 6.07) is 1.68. The molecule has 2 aliphatic rings. The molecule has 1 aromatic rings. The molecule has 1 N–H and O–H groups in total. The van der Waals surface area contributed by atoms with Crippen LogP contribution in [-0.2, 0) is 0 Å². The number of rotatable bonds is 2. The van der Waals surface area contributed by atoms with Crippen LogP contribution in [0.5, 0.6) is 11.5 Å². The number of hydrogen-bond acceptors (Lipinski definition) is 4. The molecule has 1 saturated heterocycles. The molecule has 4 nitrogen and oxygen atoms in total. The Morgan fingerprint density at radius 3 is 2.72 bits per heavy atom. The molecular weight excluding hydrogens is 254 g/mol. The number of nitrogens with one attached hydrogen (secondary N) is 1. The number of carbonyl (C=O) groups excluding carboxylic acids is 1. The highest BCUT2D eigenvalue weighted by Crippen LogP contribution is 2.47. The molecule has 0 unspecified atom stereocenters. The highest BCUT2D eigenvalue weighted by atomic mass is 35.5. The van der Waals surface area contributed by atoms with E-state index in [-0.39, 0.29) is 6.79 Å². The smallest absolute Gasteiger partial charge is 0.231 e. The SMILES string of the molecule is O=Cc1cc(Cl)c(C2CCNCC2)c2c1OCO2. The number of benzene rings is 1. The van der Waals surface area contributed by atoms with Gasteiger partial charge in [0.1, 0.15) is 0 Å². The maximum absolute atomic E-state index is 11.0. The van der Waals surface area contributed by atoms with Crippen LogP contribution in [0.25, 0.3) is 0 Å². The van der Waals surface area contributed by atoms with Gasteiger partial charge in [-0.2, -0.15) is 0 Å². The highest BCUT2D eigenvalue weighted by Gasteiger charge is 2.29. The van der Waals surface area contributed by atoms with E-state index < -0.39 is 0 Å². The zero-order valence-electron chi connectivity index (χ0n) is 9.87. The summed E-state index contributed by atoms with van der Waals surface area (Å²) in [6.07, 6.45) is 2.80. The summed E-state index contributed by atoms with van der Waals surface area (Å²) in [4.78, 5) is 11.0. The van der Waals surface area contributed by atoms with Crippen LogP contribution in [0.4, 0.5) is 0 Å². The van der Waals surface area contributed by atoms with Crippen LogP contribution < -0.4 is 14.8 Å². The third kappa shape index (κ3) is 1.85. The monoisotopic (exact) mass is 267 g/mol. The molecule has 0 radical (unpaired) electrons. The summed E-state index contributed by atoms with van der Waals surface area (Å²) in [5.41, 5.74) is 1.46. The van der Waals surface area contributed by atoms with Gasteiger partial charge in [-0.15, -0.1) is 0 Å². The Labute approximate surface area is 110 Å². The van der Waals surface area contributed by atoms with E-state index in [1.165, 1.54) is 0 Å². The fourth-order valence-corrected chi connectivity index (χ4v) is 3.02. The van der Waals surface area contributed by atoms with Crippen molar-refractivity contribution in [3.8, 4) is 11.5 Å². The van der Waals surface area contributed by atoms with E-state index in [4.69, 9.17) is 21.1 Å². The summed E-state index contributed by atoms with van der Waals surface area (Å²) in [6.45, 7) is 2.12. The minimum Gasteiger partial charge on any atom is -0.453 e. The van der Waals surface area contributed by atoms with Crippen molar-refractivity contribution in [2.75, 3.05) is 19.9 Å². The Kier molecular flexibility index (Phi) is 3.14. The molecule has 1 fully saturated rings. The lowest BCUT2D eigenvalue weighted by Crippen LogP contribution is -2.27. The molecule has 5 heteroatoms. The van der Waals surface area contributed by atoms with Gasteiger partial charge in [-0.1, -0.05) is 11.6 Å². The van der Waals surface area contributed by atoms with Gasteiger partial charge in [-0.05, 0) is 37.9 Å². The molecule has 96 valence electrons. The van der Waals surface area contributed by atoms with Crippen molar-refractivity contribution >= 4 is 17.9 Å². The first-order valence-corrected chi connectivity index (χ1v) is 6.47. The fraction of sp³-hybridized carbons (Fsp3) is 0.462. The van der Waals surface area contributed by atoms with Crippen LogP contribution in [0.1, 0.15) is 34.7 Å². The first-order chi connectivity index (χ1) is 8.81. The van der Waals surface area contributed by atoms with Gasteiger partial charge in [0, 0.05) is 10.6 Å². The molecule has 3 rings (SSSR count). The number of aldehydes is 1. The summed E-state index contributed by atoms with van der Waals surface area (Å²) < 4.78 is 10.9. The maximum Gasteiger partial charge on any atom is 0.231 e. The zero-order chi connectivity index (χ0) is 12.5. The summed E-state index contributed by atoms with van der Waals surface area (Å²) in [5.74, 6) is 1.58. The lowest BCUT2D eigenvalue weighted by atomic mass is 9.88. The van der Waals surface area contributed by atoms with Gasteiger partial charge in [-0.25, -0.2) is 0 Å². The van der Waals surface area contributed by atoms with Gasteiger partial charge in [0.05, 0.1) is 5.56 Å². The molecule has 0 aromatic heterocycles. The molecule has 2 aliphatic heterocycles. The standard InChI is InChI=1S/C13H14ClNO3/c14-10-5-9(6-16)12-13(18-7-17-12)11(10)8-1-3-15-4-2-8/h5-6,8,15H,1-4,7H2. The van der Waals surface area contributed by atoms with Crippen molar-refractivity contribution in [2.24, 2.45) is 0 Å². The molecule has 0 saturated carbocycles. The van der Waals surface area contributed by atoms with Crippen molar-refractivity contribution in [1.29, 1.82) is 0 Å². The van der Waals surface area contributed by atoms with Crippen LogP contribution in [0.3, 0.4) is 0 Å². The lowest BCUT2D eigenvalue weighted by molar-refractivity contribution is 0.111. The largest absolute Gasteiger partial charge is 0.453 e. The maximum atomic E-state index is 11.0. The van der Waals surface area contributed by atoms with E-state index in [0.29, 0.717) is 28.0 Å². The molecule has 18 heavy (non-hydrogen) atoms. The highest BCUT2D eigenvalue weighted by molar-refractivity contribution is 6.32. The van der Waals surface area contributed by atoms with Crippen LogP contribution in [-0.4, -0.2) is 26.2 Å². The Balaban J connectivity index is 2.08. The molecule has 2 heterocycles. The molecule has 0 aliphatic carbocycles. The zero-order valence-corrected chi connectivity index (χ0v) is 10.6. The number of halogens is 1. The van der Waals surface area contributed by atoms with E-state index in [0.717, 1.165) is 37.8 Å². The minimum atomic E-state index is 0.161. The first-order valence-electron chi connectivity index (χ1n) is 6.09. The molecular formula is C13H14ClNO3.